The first-order valence-corrected chi connectivity index (χ1v) is 10.4. The number of hydrogen-bond acceptors (Lipinski definition) is 3. The molecule has 24 heavy (non-hydrogen) atoms. The minimum Gasteiger partial charge on any atom is -0.349 e. The van der Waals surface area contributed by atoms with Crippen molar-refractivity contribution in [3.63, 3.8) is 0 Å². The van der Waals surface area contributed by atoms with Crippen LogP contribution in [0.4, 0.5) is 5.69 Å². The summed E-state index contributed by atoms with van der Waals surface area (Å²) in [4.78, 5) is 12.5. The van der Waals surface area contributed by atoms with Crippen molar-refractivity contribution in [1.82, 2.24) is 5.32 Å². The van der Waals surface area contributed by atoms with E-state index in [-0.39, 0.29) is 17.7 Å². The highest BCUT2D eigenvalue weighted by atomic mass is 32.2. The third-order valence-corrected chi connectivity index (χ3v) is 6.47. The summed E-state index contributed by atoms with van der Waals surface area (Å²) < 4.78 is 25.2. The summed E-state index contributed by atoms with van der Waals surface area (Å²) in [5, 5.41) is 3.11. The SMILES string of the molecule is CCS(=O)(=O)N(C)c1cccc(C(=O)NC2CCCCCCC2)c1. The van der Waals surface area contributed by atoms with Gasteiger partial charge in [0.1, 0.15) is 0 Å². The summed E-state index contributed by atoms with van der Waals surface area (Å²) in [5.74, 6) is -0.0909. The van der Waals surface area contributed by atoms with E-state index in [1.54, 1.807) is 31.2 Å². The molecule has 0 atom stereocenters. The number of sulfonamides is 1. The van der Waals surface area contributed by atoms with Crippen LogP contribution < -0.4 is 9.62 Å². The highest BCUT2D eigenvalue weighted by Gasteiger charge is 2.19. The van der Waals surface area contributed by atoms with E-state index in [9.17, 15) is 13.2 Å². The van der Waals surface area contributed by atoms with E-state index in [1.807, 2.05) is 0 Å². The normalized spacial score (nSPS) is 16.9. The summed E-state index contributed by atoms with van der Waals surface area (Å²) in [6.07, 6.45) is 8.13. The molecule has 0 spiro atoms. The lowest BCUT2D eigenvalue weighted by molar-refractivity contribution is 0.0930. The van der Waals surface area contributed by atoms with E-state index in [2.05, 4.69) is 5.32 Å². The van der Waals surface area contributed by atoms with Gasteiger partial charge in [0.15, 0.2) is 0 Å². The molecule has 0 unspecified atom stereocenters. The lowest BCUT2D eigenvalue weighted by Crippen LogP contribution is -2.35. The van der Waals surface area contributed by atoms with E-state index in [4.69, 9.17) is 0 Å². The number of carbonyl (C=O) groups is 1. The number of benzene rings is 1. The van der Waals surface area contributed by atoms with Gasteiger partial charge in [0.25, 0.3) is 5.91 Å². The molecule has 5 nitrogen and oxygen atoms in total. The van der Waals surface area contributed by atoms with Crippen LogP contribution >= 0.6 is 0 Å². The molecule has 1 amide bonds. The van der Waals surface area contributed by atoms with Crippen molar-refractivity contribution in [3.05, 3.63) is 29.8 Å². The fourth-order valence-electron chi connectivity index (χ4n) is 3.07. The number of nitrogens with one attached hydrogen (secondary N) is 1. The maximum atomic E-state index is 12.5. The molecule has 0 heterocycles. The van der Waals surface area contributed by atoms with Crippen molar-refractivity contribution in [1.29, 1.82) is 0 Å². The zero-order chi connectivity index (χ0) is 17.6. The molecule has 0 aliphatic heterocycles. The highest BCUT2D eigenvalue weighted by molar-refractivity contribution is 7.92. The fraction of sp³-hybridized carbons (Fsp3) is 0.611. The van der Waals surface area contributed by atoms with Gasteiger partial charge in [0.05, 0.1) is 11.4 Å². The second-order valence-corrected chi connectivity index (χ2v) is 8.72. The molecule has 0 radical (unpaired) electrons. The number of hydrogen-bond donors (Lipinski definition) is 1. The van der Waals surface area contributed by atoms with Crippen LogP contribution in [0.1, 0.15) is 62.2 Å². The monoisotopic (exact) mass is 352 g/mol. The molecular weight excluding hydrogens is 324 g/mol. The predicted octanol–water partition coefficient (Wildman–Crippen LogP) is 3.32. The second kappa shape index (κ2) is 8.51. The van der Waals surface area contributed by atoms with Crippen molar-refractivity contribution < 1.29 is 13.2 Å². The summed E-state index contributed by atoms with van der Waals surface area (Å²) in [5.41, 5.74) is 1.02. The second-order valence-electron chi connectivity index (χ2n) is 6.43. The van der Waals surface area contributed by atoms with Gasteiger partial charge in [-0.15, -0.1) is 0 Å². The largest absolute Gasteiger partial charge is 0.349 e. The van der Waals surface area contributed by atoms with Gasteiger partial charge in [-0.05, 0) is 38.0 Å². The van der Waals surface area contributed by atoms with Gasteiger partial charge in [0, 0.05) is 18.7 Å². The molecule has 1 fully saturated rings. The van der Waals surface area contributed by atoms with Crippen LogP contribution in [0.15, 0.2) is 24.3 Å². The van der Waals surface area contributed by atoms with E-state index >= 15 is 0 Å². The number of rotatable bonds is 5. The lowest BCUT2D eigenvalue weighted by Gasteiger charge is -2.22. The van der Waals surface area contributed by atoms with Crippen LogP contribution in [0.5, 0.6) is 0 Å². The van der Waals surface area contributed by atoms with Crippen LogP contribution in [-0.4, -0.2) is 33.2 Å². The molecule has 1 aromatic rings. The topological polar surface area (TPSA) is 66.5 Å². The smallest absolute Gasteiger partial charge is 0.251 e. The van der Waals surface area contributed by atoms with Gasteiger partial charge in [-0.1, -0.05) is 38.2 Å². The number of amides is 1. The molecule has 0 bridgehead atoms. The molecule has 1 aliphatic rings. The van der Waals surface area contributed by atoms with Crippen molar-refractivity contribution in [2.75, 3.05) is 17.1 Å². The van der Waals surface area contributed by atoms with Gasteiger partial charge >= 0.3 is 0 Å². The average Bonchev–Trinajstić information content (AvgIpc) is 2.56. The van der Waals surface area contributed by atoms with Gasteiger partial charge in [-0.2, -0.15) is 0 Å². The Morgan fingerprint density at radius 2 is 1.79 bits per heavy atom. The maximum Gasteiger partial charge on any atom is 0.251 e. The maximum absolute atomic E-state index is 12.5. The fourth-order valence-corrected chi connectivity index (χ4v) is 3.89. The Morgan fingerprint density at radius 3 is 2.42 bits per heavy atom. The molecule has 1 saturated carbocycles. The van der Waals surface area contributed by atoms with Gasteiger partial charge in [-0.3, -0.25) is 9.10 Å². The Morgan fingerprint density at radius 1 is 1.17 bits per heavy atom. The first-order valence-electron chi connectivity index (χ1n) is 8.81. The van der Waals surface area contributed by atoms with E-state index in [0.717, 1.165) is 25.7 Å². The molecule has 1 aliphatic carbocycles. The zero-order valence-electron chi connectivity index (χ0n) is 14.6. The highest BCUT2D eigenvalue weighted by Crippen LogP contribution is 2.20. The first-order chi connectivity index (χ1) is 11.4. The number of anilines is 1. The summed E-state index contributed by atoms with van der Waals surface area (Å²) in [7, 11) is -1.81. The molecule has 1 N–H and O–H groups in total. The molecule has 6 heteroatoms. The molecule has 1 aromatic carbocycles. The number of nitrogens with zero attached hydrogens (tertiary/aromatic N) is 1. The van der Waals surface area contributed by atoms with Crippen LogP contribution in [0.3, 0.4) is 0 Å². The van der Waals surface area contributed by atoms with Crippen molar-refractivity contribution in [3.8, 4) is 0 Å². The Kier molecular flexibility index (Phi) is 6.66. The van der Waals surface area contributed by atoms with Crippen LogP contribution in [0.2, 0.25) is 0 Å². The van der Waals surface area contributed by atoms with Gasteiger partial charge in [-0.25, -0.2) is 8.42 Å². The van der Waals surface area contributed by atoms with Crippen LogP contribution in [0.25, 0.3) is 0 Å². The zero-order valence-corrected chi connectivity index (χ0v) is 15.4. The third-order valence-electron chi connectivity index (χ3n) is 4.69. The molecule has 0 saturated heterocycles. The average molecular weight is 353 g/mol. The molecule has 2 rings (SSSR count). The van der Waals surface area contributed by atoms with E-state index in [0.29, 0.717) is 11.3 Å². The Bertz CT molecular complexity index is 650. The minimum atomic E-state index is -3.33. The number of carbonyl (C=O) groups excluding carboxylic acids is 1. The third kappa shape index (κ3) is 4.97. The van der Waals surface area contributed by atoms with E-state index < -0.39 is 10.0 Å². The lowest BCUT2D eigenvalue weighted by atomic mass is 9.96. The Balaban J connectivity index is 2.08. The Labute approximate surface area is 145 Å². The molecular formula is C18H28N2O3S. The summed E-state index contributed by atoms with van der Waals surface area (Å²) in [6.45, 7) is 1.61. The predicted molar refractivity (Wildman–Crippen MR) is 97.9 cm³/mol. The van der Waals surface area contributed by atoms with Crippen LogP contribution in [0, 0.1) is 0 Å². The minimum absolute atomic E-state index is 0.0298. The molecule has 134 valence electrons. The van der Waals surface area contributed by atoms with Crippen molar-refractivity contribution in [2.45, 2.75) is 57.9 Å². The summed E-state index contributed by atoms with van der Waals surface area (Å²) >= 11 is 0. The van der Waals surface area contributed by atoms with E-state index in [1.165, 1.54) is 30.6 Å². The molecule has 0 aromatic heterocycles. The standard InChI is InChI=1S/C18H28N2O3S/c1-3-24(22,23)20(2)17-13-9-10-15(14-17)18(21)19-16-11-7-5-4-6-8-12-16/h9-10,13-14,16H,3-8,11-12H2,1-2H3,(H,19,21). The first kappa shape index (κ1) is 18.8. The Hall–Kier alpha value is -1.56. The van der Waals surface area contributed by atoms with Gasteiger partial charge < -0.3 is 5.32 Å². The quantitative estimate of drug-likeness (QED) is 0.884. The summed E-state index contributed by atoms with van der Waals surface area (Å²) in [6, 6.07) is 7.03. The van der Waals surface area contributed by atoms with Crippen molar-refractivity contribution in [2.24, 2.45) is 0 Å². The van der Waals surface area contributed by atoms with Crippen LogP contribution in [-0.2, 0) is 10.0 Å². The van der Waals surface area contributed by atoms with Crippen molar-refractivity contribution >= 4 is 21.6 Å². The van der Waals surface area contributed by atoms with Gasteiger partial charge in [0.2, 0.25) is 10.0 Å².